The van der Waals surface area contributed by atoms with Crippen molar-refractivity contribution in [3.63, 3.8) is 0 Å². The van der Waals surface area contributed by atoms with Gasteiger partial charge in [0.2, 0.25) is 11.8 Å². The molecule has 2 heterocycles. The third-order valence-corrected chi connectivity index (χ3v) is 4.43. The molecule has 6 heteroatoms. The second kappa shape index (κ2) is 8.86. The van der Waals surface area contributed by atoms with Gasteiger partial charge in [-0.3, -0.25) is 9.59 Å². The molecule has 0 N–H and O–H groups in total. The maximum atomic E-state index is 12.5. The summed E-state index contributed by atoms with van der Waals surface area (Å²) >= 11 is 0. The van der Waals surface area contributed by atoms with E-state index in [-0.39, 0.29) is 18.2 Å². The highest BCUT2D eigenvalue weighted by Gasteiger charge is 2.21. The Hall–Kier alpha value is -3.33. The lowest BCUT2D eigenvalue weighted by atomic mass is 10.1. The van der Waals surface area contributed by atoms with Gasteiger partial charge in [-0.2, -0.15) is 5.26 Å². The molecule has 0 bridgehead atoms. The van der Waals surface area contributed by atoms with Crippen molar-refractivity contribution in [2.75, 3.05) is 18.0 Å². The Morgan fingerprint density at radius 1 is 1.30 bits per heavy atom. The van der Waals surface area contributed by atoms with E-state index in [1.54, 1.807) is 34.3 Å². The van der Waals surface area contributed by atoms with E-state index >= 15 is 0 Å². The number of hydrogen-bond acceptors (Lipinski definition) is 4. The zero-order valence-corrected chi connectivity index (χ0v) is 15.0. The van der Waals surface area contributed by atoms with E-state index in [2.05, 4.69) is 6.07 Å². The number of nitriles is 1. The van der Waals surface area contributed by atoms with Crippen molar-refractivity contribution in [3.05, 3.63) is 60.1 Å². The Balaban J connectivity index is 1.64. The highest BCUT2D eigenvalue weighted by atomic mass is 16.3. The molecule has 27 heavy (non-hydrogen) atoms. The second-order valence-electron chi connectivity index (χ2n) is 6.32. The minimum absolute atomic E-state index is 0.152. The van der Waals surface area contributed by atoms with Gasteiger partial charge in [0.1, 0.15) is 5.76 Å². The molecule has 2 aromatic rings. The van der Waals surface area contributed by atoms with Crippen molar-refractivity contribution < 1.29 is 14.0 Å². The molecule has 0 saturated carbocycles. The number of hydrogen-bond donors (Lipinski definition) is 0. The molecule has 6 nitrogen and oxygen atoms in total. The van der Waals surface area contributed by atoms with Crippen molar-refractivity contribution in [1.29, 1.82) is 5.26 Å². The van der Waals surface area contributed by atoms with Gasteiger partial charge < -0.3 is 14.2 Å². The predicted molar refractivity (Wildman–Crippen MR) is 101 cm³/mol. The maximum Gasteiger partial charge on any atom is 0.247 e. The van der Waals surface area contributed by atoms with E-state index < -0.39 is 0 Å². The average Bonchev–Trinajstić information content (AvgIpc) is 3.35. The molecule has 138 valence electrons. The summed E-state index contributed by atoms with van der Waals surface area (Å²) in [7, 11) is 0. The third-order valence-electron chi connectivity index (χ3n) is 4.43. The number of amides is 2. The van der Waals surface area contributed by atoms with Gasteiger partial charge in [-0.05, 0) is 42.3 Å². The predicted octanol–water partition coefficient (Wildman–Crippen LogP) is 3.36. The van der Waals surface area contributed by atoms with Crippen LogP contribution in [0.1, 0.15) is 30.6 Å². The lowest BCUT2D eigenvalue weighted by Crippen LogP contribution is -2.29. The lowest BCUT2D eigenvalue weighted by Gasteiger charge is -2.18. The largest absolute Gasteiger partial charge is 0.467 e. The van der Waals surface area contributed by atoms with E-state index in [0.717, 1.165) is 24.2 Å². The Labute approximate surface area is 158 Å². The molecule has 0 unspecified atom stereocenters. The minimum atomic E-state index is -0.180. The molecule has 1 aliphatic heterocycles. The van der Waals surface area contributed by atoms with Crippen LogP contribution in [-0.2, 0) is 16.1 Å². The van der Waals surface area contributed by atoms with Gasteiger partial charge in [-0.25, -0.2) is 0 Å². The third kappa shape index (κ3) is 4.85. The molecular weight excluding hydrogens is 342 g/mol. The van der Waals surface area contributed by atoms with Gasteiger partial charge in [-0.15, -0.1) is 0 Å². The topological polar surface area (TPSA) is 77.6 Å². The monoisotopic (exact) mass is 363 g/mol. The van der Waals surface area contributed by atoms with E-state index in [1.165, 1.54) is 6.08 Å². The number of benzene rings is 1. The van der Waals surface area contributed by atoms with Gasteiger partial charge >= 0.3 is 0 Å². The van der Waals surface area contributed by atoms with Crippen molar-refractivity contribution >= 4 is 23.6 Å². The number of rotatable bonds is 7. The van der Waals surface area contributed by atoms with Crippen molar-refractivity contribution in [2.45, 2.75) is 25.8 Å². The van der Waals surface area contributed by atoms with Gasteiger partial charge in [0.25, 0.3) is 0 Å². The Morgan fingerprint density at radius 3 is 2.74 bits per heavy atom. The molecule has 1 aliphatic rings. The van der Waals surface area contributed by atoms with Crippen LogP contribution in [0.2, 0.25) is 0 Å². The summed E-state index contributed by atoms with van der Waals surface area (Å²) < 4.78 is 5.29. The Kier molecular flexibility index (Phi) is 6.06. The number of nitrogens with zero attached hydrogens (tertiary/aromatic N) is 3. The Bertz CT molecular complexity index is 848. The number of carbonyl (C=O) groups is 2. The minimum Gasteiger partial charge on any atom is -0.467 e. The SMILES string of the molecule is N#CCCN(Cc1ccco1)C(=O)/C=C/c1ccc(N2CCCC2=O)cc1. The van der Waals surface area contributed by atoms with Crippen molar-refractivity contribution in [3.8, 4) is 6.07 Å². The van der Waals surface area contributed by atoms with Crippen molar-refractivity contribution in [2.24, 2.45) is 0 Å². The first-order chi connectivity index (χ1) is 13.2. The van der Waals surface area contributed by atoms with Crippen LogP contribution in [0.5, 0.6) is 0 Å². The summed E-state index contributed by atoms with van der Waals surface area (Å²) in [5, 5.41) is 8.81. The summed E-state index contributed by atoms with van der Waals surface area (Å²) in [5.74, 6) is 0.648. The molecule has 1 fully saturated rings. The van der Waals surface area contributed by atoms with Gasteiger partial charge in [0.05, 0.1) is 25.3 Å². The normalized spacial score (nSPS) is 13.9. The molecule has 3 rings (SSSR count). The average molecular weight is 363 g/mol. The van der Waals surface area contributed by atoms with Crippen molar-refractivity contribution in [1.82, 2.24) is 4.90 Å². The fourth-order valence-corrected chi connectivity index (χ4v) is 3.00. The summed E-state index contributed by atoms with van der Waals surface area (Å²) in [6.45, 7) is 1.43. The number of carbonyl (C=O) groups excluding carboxylic acids is 2. The van der Waals surface area contributed by atoms with E-state index in [9.17, 15) is 9.59 Å². The van der Waals surface area contributed by atoms with Gasteiger partial charge in [0.15, 0.2) is 0 Å². The molecule has 0 aliphatic carbocycles. The molecule has 0 spiro atoms. The zero-order chi connectivity index (χ0) is 19.1. The quantitative estimate of drug-likeness (QED) is 0.707. The summed E-state index contributed by atoms with van der Waals surface area (Å²) in [4.78, 5) is 27.7. The molecular formula is C21H21N3O3. The van der Waals surface area contributed by atoms with Gasteiger partial charge in [-0.1, -0.05) is 12.1 Å². The van der Waals surface area contributed by atoms with E-state index in [4.69, 9.17) is 9.68 Å². The van der Waals surface area contributed by atoms with E-state index in [0.29, 0.717) is 25.3 Å². The summed E-state index contributed by atoms with van der Waals surface area (Å²) in [5.41, 5.74) is 1.76. The molecule has 1 aromatic carbocycles. The first kappa shape index (κ1) is 18.5. The van der Waals surface area contributed by atoms with Crippen LogP contribution >= 0.6 is 0 Å². The molecule has 1 saturated heterocycles. The molecule has 0 atom stereocenters. The van der Waals surface area contributed by atoms with Crippen LogP contribution in [-0.4, -0.2) is 29.8 Å². The molecule has 0 radical (unpaired) electrons. The number of furan rings is 1. The van der Waals surface area contributed by atoms with Gasteiger partial charge in [0, 0.05) is 31.3 Å². The molecule has 2 amide bonds. The summed E-state index contributed by atoms with van der Waals surface area (Å²) in [6, 6.07) is 13.2. The summed E-state index contributed by atoms with van der Waals surface area (Å²) in [6.07, 6.45) is 6.55. The van der Waals surface area contributed by atoms with Crippen LogP contribution in [0.25, 0.3) is 6.08 Å². The fourth-order valence-electron chi connectivity index (χ4n) is 3.00. The second-order valence-corrected chi connectivity index (χ2v) is 6.32. The highest BCUT2D eigenvalue weighted by molar-refractivity contribution is 5.95. The van der Waals surface area contributed by atoms with Crippen LogP contribution in [0.4, 0.5) is 5.69 Å². The zero-order valence-electron chi connectivity index (χ0n) is 15.0. The molecule has 1 aromatic heterocycles. The lowest BCUT2D eigenvalue weighted by molar-refractivity contribution is -0.126. The van der Waals surface area contributed by atoms with Crippen LogP contribution in [0.15, 0.2) is 53.2 Å². The number of anilines is 1. The van der Waals surface area contributed by atoms with E-state index in [1.807, 2.05) is 24.3 Å². The first-order valence-corrected chi connectivity index (χ1v) is 8.94. The highest BCUT2D eigenvalue weighted by Crippen LogP contribution is 2.22. The maximum absolute atomic E-state index is 12.5. The standard InChI is InChI=1S/C21H21N3O3/c22-12-3-13-23(16-19-4-2-15-27-19)20(25)11-8-17-6-9-18(10-7-17)24-14-1-5-21(24)26/h2,4,6-11,15H,1,3,5,13-14,16H2/b11-8+. The van der Waals surface area contributed by atoms with Crippen LogP contribution in [0, 0.1) is 11.3 Å². The van der Waals surface area contributed by atoms with Crippen LogP contribution < -0.4 is 4.90 Å². The first-order valence-electron chi connectivity index (χ1n) is 8.94. The smallest absolute Gasteiger partial charge is 0.247 e. The van der Waals surface area contributed by atoms with Crippen LogP contribution in [0.3, 0.4) is 0 Å². The Morgan fingerprint density at radius 2 is 2.11 bits per heavy atom. The fraction of sp³-hybridized carbons (Fsp3) is 0.286.